The van der Waals surface area contributed by atoms with Crippen molar-refractivity contribution >= 4 is 5.97 Å². The lowest BCUT2D eigenvalue weighted by Crippen LogP contribution is -2.31. The van der Waals surface area contributed by atoms with E-state index < -0.39 is 0 Å². The number of carbonyl (C=O) groups excluding carboxylic acids is 1. The Morgan fingerprint density at radius 1 is 1.09 bits per heavy atom. The summed E-state index contributed by atoms with van der Waals surface area (Å²) in [5.74, 6) is 1.61. The van der Waals surface area contributed by atoms with E-state index in [-0.39, 0.29) is 12.0 Å². The molecule has 1 unspecified atom stereocenters. The van der Waals surface area contributed by atoms with Gasteiger partial charge < -0.3 is 24.3 Å². The standard InChI is InChI=1S/C17H27NO5/c1-6-13(10-16(19)23-7-2)18-11-12-8-14(20-3)17(22-5)15(9-12)21-4/h8-9,13,18H,6-7,10-11H2,1-5H3. The van der Waals surface area contributed by atoms with Gasteiger partial charge in [-0.25, -0.2) is 0 Å². The molecule has 0 heterocycles. The summed E-state index contributed by atoms with van der Waals surface area (Å²) in [5.41, 5.74) is 0.988. The Morgan fingerprint density at radius 3 is 2.13 bits per heavy atom. The summed E-state index contributed by atoms with van der Waals surface area (Å²) in [4.78, 5) is 11.6. The van der Waals surface area contributed by atoms with Crippen LogP contribution in [-0.4, -0.2) is 39.9 Å². The Hall–Kier alpha value is -1.95. The summed E-state index contributed by atoms with van der Waals surface area (Å²) in [6.45, 7) is 4.84. The molecule has 0 saturated carbocycles. The summed E-state index contributed by atoms with van der Waals surface area (Å²) in [7, 11) is 4.75. The van der Waals surface area contributed by atoms with E-state index in [1.807, 2.05) is 26.0 Å². The van der Waals surface area contributed by atoms with Gasteiger partial charge in [-0.3, -0.25) is 4.79 Å². The van der Waals surface area contributed by atoms with Gasteiger partial charge in [-0.15, -0.1) is 0 Å². The monoisotopic (exact) mass is 325 g/mol. The third kappa shape index (κ3) is 5.63. The van der Waals surface area contributed by atoms with E-state index >= 15 is 0 Å². The molecular weight excluding hydrogens is 298 g/mol. The van der Waals surface area contributed by atoms with Crippen molar-refractivity contribution in [3.63, 3.8) is 0 Å². The molecule has 1 atom stereocenters. The van der Waals surface area contributed by atoms with Gasteiger partial charge in [-0.1, -0.05) is 6.92 Å². The molecule has 0 saturated heterocycles. The first-order valence-electron chi connectivity index (χ1n) is 7.77. The highest BCUT2D eigenvalue weighted by Gasteiger charge is 2.15. The van der Waals surface area contributed by atoms with Crippen LogP contribution in [0.25, 0.3) is 0 Å². The van der Waals surface area contributed by atoms with E-state index in [9.17, 15) is 4.79 Å². The number of carbonyl (C=O) groups is 1. The quantitative estimate of drug-likeness (QED) is 0.667. The number of esters is 1. The van der Waals surface area contributed by atoms with Crippen molar-refractivity contribution in [1.82, 2.24) is 5.32 Å². The van der Waals surface area contributed by atoms with Gasteiger partial charge in [0.25, 0.3) is 0 Å². The van der Waals surface area contributed by atoms with Crippen molar-refractivity contribution in [1.29, 1.82) is 0 Å². The van der Waals surface area contributed by atoms with Crippen LogP contribution in [0.2, 0.25) is 0 Å². The zero-order chi connectivity index (χ0) is 17.2. The molecule has 130 valence electrons. The number of benzene rings is 1. The maximum atomic E-state index is 11.6. The van der Waals surface area contributed by atoms with Crippen molar-refractivity contribution in [2.75, 3.05) is 27.9 Å². The van der Waals surface area contributed by atoms with Gasteiger partial charge in [0, 0.05) is 12.6 Å². The Morgan fingerprint density at radius 2 is 1.70 bits per heavy atom. The third-order valence-electron chi connectivity index (χ3n) is 3.53. The Labute approximate surface area is 138 Å². The van der Waals surface area contributed by atoms with E-state index in [0.29, 0.717) is 36.8 Å². The molecule has 0 aliphatic carbocycles. The Kier molecular flexibility index (Phi) is 8.26. The molecule has 23 heavy (non-hydrogen) atoms. The molecule has 0 amide bonds. The van der Waals surface area contributed by atoms with Crippen molar-refractivity contribution in [3.05, 3.63) is 17.7 Å². The first-order chi connectivity index (χ1) is 11.1. The zero-order valence-corrected chi connectivity index (χ0v) is 14.6. The fourth-order valence-electron chi connectivity index (χ4n) is 2.28. The maximum Gasteiger partial charge on any atom is 0.307 e. The third-order valence-corrected chi connectivity index (χ3v) is 3.53. The molecule has 1 rings (SSSR count). The van der Waals surface area contributed by atoms with Crippen LogP contribution in [0.5, 0.6) is 17.2 Å². The second-order valence-corrected chi connectivity index (χ2v) is 5.03. The van der Waals surface area contributed by atoms with Gasteiger partial charge in [0.2, 0.25) is 5.75 Å². The van der Waals surface area contributed by atoms with Crippen LogP contribution >= 0.6 is 0 Å². The molecule has 0 aliphatic rings. The number of ether oxygens (including phenoxy) is 4. The first-order valence-corrected chi connectivity index (χ1v) is 7.77. The van der Waals surface area contributed by atoms with E-state index in [0.717, 1.165) is 12.0 Å². The van der Waals surface area contributed by atoms with Gasteiger partial charge in [0.1, 0.15) is 0 Å². The van der Waals surface area contributed by atoms with Crippen LogP contribution in [0, 0.1) is 0 Å². The molecule has 0 bridgehead atoms. The van der Waals surface area contributed by atoms with Crippen LogP contribution < -0.4 is 19.5 Å². The molecule has 0 aromatic heterocycles. The largest absolute Gasteiger partial charge is 0.493 e. The number of rotatable bonds is 10. The zero-order valence-electron chi connectivity index (χ0n) is 14.6. The average Bonchev–Trinajstić information content (AvgIpc) is 2.57. The van der Waals surface area contributed by atoms with Crippen molar-refractivity contribution in [2.24, 2.45) is 0 Å². The number of hydrogen-bond donors (Lipinski definition) is 1. The predicted molar refractivity (Wildman–Crippen MR) is 88.3 cm³/mol. The highest BCUT2D eigenvalue weighted by Crippen LogP contribution is 2.38. The van der Waals surface area contributed by atoms with Crippen molar-refractivity contribution in [2.45, 2.75) is 39.3 Å². The number of methoxy groups -OCH3 is 3. The molecule has 0 spiro atoms. The van der Waals surface area contributed by atoms with E-state index in [2.05, 4.69) is 5.32 Å². The SMILES string of the molecule is CCOC(=O)CC(CC)NCc1cc(OC)c(OC)c(OC)c1. The van der Waals surface area contributed by atoms with Crippen molar-refractivity contribution < 1.29 is 23.7 Å². The summed E-state index contributed by atoms with van der Waals surface area (Å²) in [6, 6.07) is 3.85. The fraction of sp³-hybridized carbons (Fsp3) is 0.588. The lowest BCUT2D eigenvalue weighted by molar-refractivity contribution is -0.143. The normalized spacial score (nSPS) is 11.7. The molecule has 6 nitrogen and oxygen atoms in total. The minimum atomic E-state index is -0.184. The first kappa shape index (κ1) is 19.1. The topological polar surface area (TPSA) is 66.0 Å². The lowest BCUT2D eigenvalue weighted by atomic mass is 10.1. The predicted octanol–water partition coefficient (Wildman–Crippen LogP) is 2.53. The van der Waals surface area contributed by atoms with Gasteiger partial charge in [-0.2, -0.15) is 0 Å². The van der Waals surface area contributed by atoms with Crippen LogP contribution in [0.1, 0.15) is 32.3 Å². The molecule has 0 aliphatic heterocycles. The summed E-state index contributed by atoms with van der Waals surface area (Å²) in [6.07, 6.45) is 1.19. The molecule has 1 N–H and O–H groups in total. The number of nitrogens with one attached hydrogen (secondary N) is 1. The van der Waals surface area contributed by atoms with Crippen LogP contribution in [0.15, 0.2) is 12.1 Å². The second kappa shape index (κ2) is 9.94. The van der Waals surface area contributed by atoms with Gasteiger partial charge >= 0.3 is 5.97 Å². The van der Waals surface area contributed by atoms with Crippen LogP contribution in [0.4, 0.5) is 0 Å². The molecule has 0 fully saturated rings. The lowest BCUT2D eigenvalue weighted by Gasteiger charge is -2.18. The summed E-state index contributed by atoms with van der Waals surface area (Å²) < 4.78 is 21.0. The van der Waals surface area contributed by atoms with Gasteiger partial charge in [0.05, 0.1) is 34.4 Å². The van der Waals surface area contributed by atoms with Crippen molar-refractivity contribution in [3.8, 4) is 17.2 Å². The molecular formula is C17H27NO5. The smallest absolute Gasteiger partial charge is 0.307 e. The fourth-order valence-corrected chi connectivity index (χ4v) is 2.28. The van der Waals surface area contributed by atoms with Gasteiger partial charge in [-0.05, 0) is 31.0 Å². The average molecular weight is 325 g/mol. The van der Waals surface area contributed by atoms with E-state index in [4.69, 9.17) is 18.9 Å². The minimum absolute atomic E-state index is 0.0631. The van der Waals surface area contributed by atoms with Crippen LogP contribution in [-0.2, 0) is 16.1 Å². The molecule has 1 aromatic rings. The highest BCUT2D eigenvalue weighted by molar-refractivity contribution is 5.70. The van der Waals surface area contributed by atoms with Crippen LogP contribution in [0.3, 0.4) is 0 Å². The molecule has 0 radical (unpaired) electrons. The Balaban J connectivity index is 2.77. The van der Waals surface area contributed by atoms with Gasteiger partial charge in [0.15, 0.2) is 11.5 Å². The highest BCUT2D eigenvalue weighted by atomic mass is 16.5. The molecule has 1 aromatic carbocycles. The van der Waals surface area contributed by atoms with E-state index in [1.54, 1.807) is 21.3 Å². The number of hydrogen-bond acceptors (Lipinski definition) is 6. The second-order valence-electron chi connectivity index (χ2n) is 5.03. The summed E-state index contributed by atoms with van der Waals surface area (Å²) >= 11 is 0. The maximum absolute atomic E-state index is 11.6. The minimum Gasteiger partial charge on any atom is -0.493 e. The van der Waals surface area contributed by atoms with E-state index in [1.165, 1.54) is 0 Å². The summed E-state index contributed by atoms with van der Waals surface area (Å²) in [5, 5.41) is 3.36. The Bertz CT molecular complexity index is 479. The molecule has 6 heteroatoms.